The average molecular weight is 460 g/mol. The van der Waals surface area contributed by atoms with E-state index in [0.29, 0.717) is 6.61 Å². The van der Waals surface area contributed by atoms with E-state index in [4.69, 9.17) is 13.7 Å². The number of β-lactam (4-membered cyclic amide) rings is 1. The molecule has 0 saturated carbocycles. The number of benzene rings is 2. The molecule has 7 nitrogen and oxygen atoms in total. The van der Waals surface area contributed by atoms with E-state index in [1.165, 1.54) is 0 Å². The van der Waals surface area contributed by atoms with Gasteiger partial charge in [0.05, 0.1) is 37.0 Å². The van der Waals surface area contributed by atoms with Crippen molar-refractivity contribution in [2.45, 2.75) is 50.8 Å². The van der Waals surface area contributed by atoms with Crippen LogP contribution in [0.4, 0.5) is 0 Å². The van der Waals surface area contributed by atoms with Gasteiger partial charge < -0.3 is 14.4 Å². The Morgan fingerprint density at radius 2 is 1.56 bits per heavy atom. The summed E-state index contributed by atoms with van der Waals surface area (Å²) in [5.74, 6) is -1.62. The molecule has 0 bridgehead atoms. The van der Waals surface area contributed by atoms with Gasteiger partial charge in [-0.05, 0) is 31.9 Å². The third kappa shape index (κ3) is 4.59. The summed E-state index contributed by atoms with van der Waals surface area (Å²) < 4.78 is 40.7. The van der Waals surface area contributed by atoms with Crippen molar-refractivity contribution in [3.05, 3.63) is 71.8 Å². The Morgan fingerprint density at radius 1 is 1.03 bits per heavy atom. The lowest BCUT2D eigenvalue weighted by Crippen LogP contribution is -2.69. The van der Waals surface area contributed by atoms with Gasteiger partial charge in [-0.1, -0.05) is 60.7 Å². The lowest BCUT2D eigenvalue weighted by Gasteiger charge is -2.54. The van der Waals surface area contributed by atoms with Crippen molar-refractivity contribution in [3.8, 4) is 0 Å². The first-order chi connectivity index (χ1) is 15.1. The number of amides is 1. The SMILES string of the molecule is C[C@H](OS(C)(=O)=O)[C@H]1C(=O)N(C(c2ccccc2)c2ccccc2)[C@@H]1[C@@H]1COC(C)(C)O1. The maximum Gasteiger partial charge on any atom is 0.264 e. The van der Waals surface area contributed by atoms with Gasteiger partial charge >= 0.3 is 0 Å². The largest absolute Gasteiger partial charge is 0.348 e. The molecule has 2 heterocycles. The van der Waals surface area contributed by atoms with Crippen molar-refractivity contribution in [1.82, 2.24) is 4.90 Å². The van der Waals surface area contributed by atoms with Crippen LogP contribution in [0.5, 0.6) is 0 Å². The third-order valence-corrected chi connectivity index (χ3v) is 6.63. The van der Waals surface area contributed by atoms with Crippen LogP contribution >= 0.6 is 0 Å². The predicted octanol–water partition coefficient (Wildman–Crippen LogP) is 3.12. The molecule has 2 aromatic rings. The fraction of sp³-hybridized carbons (Fsp3) is 0.458. The van der Waals surface area contributed by atoms with Crippen LogP contribution in [0.25, 0.3) is 0 Å². The predicted molar refractivity (Wildman–Crippen MR) is 119 cm³/mol. The van der Waals surface area contributed by atoms with Gasteiger partial charge in [0.2, 0.25) is 5.91 Å². The van der Waals surface area contributed by atoms with E-state index in [1.807, 2.05) is 74.5 Å². The Balaban J connectivity index is 1.75. The van der Waals surface area contributed by atoms with E-state index < -0.39 is 40.1 Å². The smallest absolute Gasteiger partial charge is 0.264 e. The maximum absolute atomic E-state index is 13.6. The Morgan fingerprint density at radius 3 is 2.00 bits per heavy atom. The first-order valence-electron chi connectivity index (χ1n) is 10.7. The van der Waals surface area contributed by atoms with Gasteiger partial charge in [-0.15, -0.1) is 0 Å². The average Bonchev–Trinajstić information content (AvgIpc) is 3.08. The molecule has 1 amide bonds. The first-order valence-corrected chi connectivity index (χ1v) is 12.5. The van der Waals surface area contributed by atoms with Crippen LogP contribution in [0.1, 0.15) is 37.9 Å². The lowest BCUT2D eigenvalue weighted by atomic mass is 9.77. The number of rotatable bonds is 7. The summed E-state index contributed by atoms with van der Waals surface area (Å²) in [6.45, 7) is 5.58. The van der Waals surface area contributed by atoms with E-state index in [1.54, 1.807) is 11.8 Å². The summed E-state index contributed by atoms with van der Waals surface area (Å²) in [7, 11) is -3.72. The fourth-order valence-electron chi connectivity index (χ4n) is 4.75. The van der Waals surface area contributed by atoms with E-state index in [0.717, 1.165) is 17.4 Å². The van der Waals surface area contributed by atoms with Gasteiger partial charge in [0.15, 0.2) is 5.79 Å². The Labute approximate surface area is 189 Å². The van der Waals surface area contributed by atoms with Crippen LogP contribution in [0, 0.1) is 5.92 Å². The van der Waals surface area contributed by atoms with Gasteiger partial charge in [-0.3, -0.25) is 8.98 Å². The summed E-state index contributed by atoms with van der Waals surface area (Å²) in [5, 5.41) is 0. The first kappa shape index (κ1) is 22.9. The van der Waals surface area contributed by atoms with Crippen LogP contribution in [0.15, 0.2) is 60.7 Å². The highest BCUT2D eigenvalue weighted by molar-refractivity contribution is 7.86. The molecule has 0 unspecified atom stereocenters. The van der Waals surface area contributed by atoms with E-state index in [-0.39, 0.29) is 11.9 Å². The Kier molecular flexibility index (Phi) is 6.15. The minimum atomic E-state index is -3.72. The molecule has 32 heavy (non-hydrogen) atoms. The molecule has 2 saturated heterocycles. The maximum atomic E-state index is 13.6. The molecular weight excluding hydrogens is 430 g/mol. The van der Waals surface area contributed by atoms with E-state index in [2.05, 4.69) is 0 Å². The molecule has 8 heteroatoms. The van der Waals surface area contributed by atoms with E-state index in [9.17, 15) is 13.2 Å². The Hall–Kier alpha value is -2.26. The minimum Gasteiger partial charge on any atom is -0.348 e. The summed E-state index contributed by atoms with van der Waals surface area (Å²) in [6.07, 6.45) is -0.236. The quantitative estimate of drug-likeness (QED) is 0.467. The molecule has 0 radical (unpaired) electrons. The van der Waals surface area contributed by atoms with Crippen LogP contribution in [-0.2, 0) is 28.6 Å². The van der Waals surface area contributed by atoms with Crippen molar-refractivity contribution in [3.63, 3.8) is 0 Å². The van der Waals surface area contributed by atoms with E-state index >= 15 is 0 Å². The number of likely N-dealkylation sites (tertiary alicyclic amines) is 1. The second kappa shape index (κ2) is 8.59. The molecule has 0 aliphatic carbocycles. The van der Waals surface area contributed by atoms with Crippen LogP contribution in [0.2, 0.25) is 0 Å². The molecule has 4 rings (SSSR count). The van der Waals surface area contributed by atoms with Gasteiger partial charge in [0.1, 0.15) is 6.10 Å². The highest BCUT2D eigenvalue weighted by Gasteiger charge is 2.59. The molecule has 2 aromatic carbocycles. The van der Waals surface area contributed by atoms with Crippen molar-refractivity contribution >= 4 is 16.0 Å². The normalized spacial score (nSPS) is 26.2. The number of carbonyl (C=O) groups excluding carboxylic acids is 1. The molecule has 4 atom stereocenters. The number of ether oxygens (including phenoxy) is 2. The summed E-state index contributed by atoms with van der Waals surface area (Å²) in [6, 6.07) is 18.8. The van der Waals surface area contributed by atoms with Crippen molar-refractivity contribution in [2.24, 2.45) is 5.92 Å². The molecule has 172 valence electrons. The molecule has 0 aromatic heterocycles. The molecule has 0 spiro atoms. The van der Waals surface area contributed by atoms with Gasteiger partial charge in [0, 0.05) is 0 Å². The molecule has 2 aliphatic rings. The van der Waals surface area contributed by atoms with Crippen molar-refractivity contribution < 1.29 is 26.9 Å². The standard InChI is InChI=1S/C24H29NO6S/c1-16(31-32(4,27)28)20-22(19-15-29-24(2,3)30-19)25(23(20)26)21(17-11-7-5-8-12-17)18-13-9-6-10-14-18/h5-14,16,19-22H,15H2,1-4H3/t16-,19-,20+,22+/m0/s1. The van der Waals surface area contributed by atoms with Crippen LogP contribution in [-0.4, -0.2) is 56.1 Å². The number of hydrogen-bond acceptors (Lipinski definition) is 6. The monoisotopic (exact) mass is 459 g/mol. The minimum absolute atomic E-state index is 0.169. The fourth-order valence-corrected chi connectivity index (χ4v) is 5.42. The summed E-state index contributed by atoms with van der Waals surface area (Å²) >= 11 is 0. The van der Waals surface area contributed by atoms with Crippen LogP contribution in [0.3, 0.4) is 0 Å². The van der Waals surface area contributed by atoms with Gasteiger partial charge in [0.25, 0.3) is 10.1 Å². The van der Waals surface area contributed by atoms with Crippen molar-refractivity contribution in [1.29, 1.82) is 0 Å². The second-order valence-electron chi connectivity index (χ2n) is 8.86. The Bertz CT molecular complexity index is 1020. The molecule has 0 N–H and O–H groups in total. The zero-order chi connectivity index (χ0) is 23.1. The number of nitrogens with zero attached hydrogens (tertiary/aromatic N) is 1. The number of hydrogen-bond donors (Lipinski definition) is 0. The number of carbonyl (C=O) groups is 1. The van der Waals surface area contributed by atoms with Crippen molar-refractivity contribution in [2.75, 3.05) is 12.9 Å². The highest BCUT2D eigenvalue weighted by Crippen LogP contribution is 2.45. The topological polar surface area (TPSA) is 82.1 Å². The van der Waals surface area contributed by atoms with Gasteiger partial charge in [-0.2, -0.15) is 8.42 Å². The van der Waals surface area contributed by atoms with Crippen LogP contribution < -0.4 is 0 Å². The third-order valence-electron chi connectivity index (χ3n) is 5.98. The zero-order valence-corrected chi connectivity index (χ0v) is 19.5. The highest BCUT2D eigenvalue weighted by atomic mass is 32.2. The lowest BCUT2D eigenvalue weighted by molar-refractivity contribution is -0.189. The summed E-state index contributed by atoms with van der Waals surface area (Å²) in [4.78, 5) is 15.4. The molecular formula is C24H29NO6S. The molecule has 2 aliphatic heterocycles. The second-order valence-corrected chi connectivity index (χ2v) is 10.5. The molecule has 2 fully saturated rings. The van der Waals surface area contributed by atoms with Gasteiger partial charge in [-0.25, -0.2) is 0 Å². The summed E-state index contributed by atoms with van der Waals surface area (Å²) in [5.41, 5.74) is 1.93. The zero-order valence-electron chi connectivity index (χ0n) is 18.7.